The quantitative estimate of drug-likeness (QED) is 0.568. The van der Waals surface area contributed by atoms with Crippen LogP contribution in [-0.4, -0.2) is 19.2 Å². The Bertz CT molecular complexity index is 407. The molecule has 102 valence electrons. The van der Waals surface area contributed by atoms with Crippen LogP contribution in [0, 0.1) is 0 Å². The van der Waals surface area contributed by atoms with Crippen molar-refractivity contribution >= 4 is 24.9 Å². The van der Waals surface area contributed by atoms with Gasteiger partial charge in [-0.05, 0) is 25.3 Å². The normalized spacial score (nSPS) is 13.3. The van der Waals surface area contributed by atoms with Crippen molar-refractivity contribution in [3.05, 3.63) is 22.4 Å². The summed E-state index contributed by atoms with van der Waals surface area (Å²) in [7, 11) is -3.50. The Labute approximate surface area is 111 Å². The molecule has 1 heterocycles. The highest BCUT2D eigenvalue weighted by Gasteiger charge is 2.40. The Morgan fingerprint density at radius 1 is 1.39 bits per heavy atom. The Morgan fingerprint density at radius 2 is 2.00 bits per heavy atom. The van der Waals surface area contributed by atoms with E-state index in [0.717, 1.165) is 0 Å². The molecule has 7 heteroatoms. The van der Waals surface area contributed by atoms with Gasteiger partial charge in [0.15, 0.2) is 0 Å². The van der Waals surface area contributed by atoms with E-state index in [1.807, 2.05) is 5.38 Å². The van der Waals surface area contributed by atoms with Crippen LogP contribution in [0.2, 0.25) is 0 Å². The summed E-state index contributed by atoms with van der Waals surface area (Å²) >= 11 is 1.34. The fraction of sp³-hybridized carbons (Fsp3) is 0.545. The number of hydrogen-bond donors (Lipinski definition) is 0. The van der Waals surface area contributed by atoms with Crippen LogP contribution in [0.4, 0.5) is 0 Å². The lowest BCUT2D eigenvalue weighted by molar-refractivity contribution is -0.143. The number of hydrogen-bond acceptors (Lipinski definition) is 6. The average Bonchev–Trinajstić information content (AvgIpc) is 2.79. The van der Waals surface area contributed by atoms with Gasteiger partial charge in [-0.3, -0.25) is 9.36 Å². The van der Waals surface area contributed by atoms with Gasteiger partial charge in [-0.1, -0.05) is 6.07 Å². The van der Waals surface area contributed by atoms with Crippen LogP contribution >= 0.6 is 18.9 Å². The van der Waals surface area contributed by atoms with E-state index in [4.69, 9.17) is 13.8 Å². The first-order valence-corrected chi connectivity index (χ1v) is 8.12. The van der Waals surface area contributed by atoms with Crippen molar-refractivity contribution in [2.75, 3.05) is 13.2 Å². The van der Waals surface area contributed by atoms with E-state index in [0.29, 0.717) is 4.88 Å². The molecule has 1 aromatic heterocycles. The second-order valence-corrected chi connectivity index (χ2v) is 6.40. The van der Waals surface area contributed by atoms with E-state index in [1.54, 1.807) is 26.0 Å². The lowest BCUT2D eigenvalue weighted by atomic mass is 10.5. The molecule has 1 rings (SSSR count). The molecule has 0 spiro atoms. The maximum absolute atomic E-state index is 12.6. The Morgan fingerprint density at radius 3 is 2.39 bits per heavy atom. The first kappa shape index (κ1) is 15.4. The third-order valence-electron chi connectivity index (χ3n) is 1.97. The summed E-state index contributed by atoms with van der Waals surface area (Å²) in [4.78, 5) is 11.8. The summed E-state index contributed by atoms with van der Waals surface area (Å²) in [5.74, 6) is -1.51. The summed E-state index contributed by atoms with van der Waals surface area (Å²) in [5, 5.41) is 1.81. The standard InChI is InChI=1S/C11H17O5PS/c1-4-14-17(13,15-5-2)11(16-9(3)12)10-7-6-8-18-10/h6-8,11H,4-5H2,1-3H3/t11-/m0/s1. The van der Waals surface area contributed by atoms with Gasteiger partial charge in [0.05, 0.1) is 18.1 Å². The predicted octanol–water partition coefficient (Wildman–Crippen LogP) is 3.58. The highest BCUT2D eigenvalue weighted by atomic mass is 32.1. The maximum atomic E-state index is 12.6. The summed E-state index contributed by atoms with van der Waals surface area (Å²) < 4.78 is 28.2. The lowest BCUT2D eigenvalue weighted by Crippen LogP contribution is -2.12. The number of carbonyl (C=O) groups excluding carboxylic acids is 1. The van der Waals surface area contributed by atoms with E-state index in [1.165, 1.54) is 18.3 Å². The number of rotatable bonds is 7. The van der Waals surface area contributed by atoms with Crippen molar-refractivity contribution in [3.63, 3.8) is 0 Å². The highest BCUT2D eigenvalue weighted by Crippen LogP contribution is 2.62. The molecule has 0 bridgehead atoms. The number of esters is 1. The zero-order valence-corrected chi connectivity index (χ0v) is 12.3. The van der Waals surface area contributed by atoms with Crippen molar-refractivity contribution in [3.8, 4) is 0 Å². The molecule has 0 aliphatic heterocycles. The predicted molar refractivity (Wildman–Crippen MR) is 69.7 cm³/mol. The zero-order valence-electron chi connectivity index (χ0n) is 10.6. The number of carbonyl (C=O) groups is 1. The van der Waals surface area contributed by atoms with E-state index >= 15 is 0 Å². The monoisotopic (exact) mass is 292 g/mol. The second kappa shape index (κ2) is 7.04. The summed E-state index contributed by atoms with van der Waals surface area (Å²) in [6, 6.07) is 3.53. The van der Waals surface area contributed by atoms with Crippen LogP contribution in [0.25, 0.3) is 0 Å². The molecule has 1 aromatic rings. The molecule has 0 aliphatic carbocycles. The molecule has 0 aromatic carbocycles. The van der Waals surface area contributed by atoms with Crippen molar-refractivity contribution in [1.29, 1.82) is 0 Å². The van der Waals surface area contributed by atoms with Crippen molar-refractivity contribution in [1.82, 2.24) is 0 Å². The molecule has 0 saturated heterocycles. The molecule has 0 amide bonds. The van der Waals surface area contributed by atoms with Crippen LogP contribution in [0.3, 0.4) is 0 Å². The fourth-order valence-electron chi connectivity index (χ4n) is 1.40. The van der Waals surface area contributed by atoms with Crippen molar-refractivity contribution in [2.24, 2.45) is 0 Å². The molecular weight excluding hydrogens is 275 g/mol. The van der Waals surface area contributed by atoms with Gasteiger partial charge in [-0.2, -0.15) is 0 Å². The van der Waals surface area contributed by atoms with Gasteiger partial charge < -0.3 is 13.8 Å². The molecule has 0 N–H and O–H groups in total. The third kappa shape index (κ3) is 3.92. The minimum Gasteiger partial charge on any atom is -0.444 e. The van der Waals surface area contributed by atoms with Gasteiger partial charge in [-0.25, -0.2) is 0 Å². The molecule has 0 radical (unpaired) electrons. The van der Waals surface area contributed by atoms with Crippen molar-refractivity contribution < 1.29 is 23.1 Å². The Kier molecular flexibility index (Phi) is 6.02. The maximum Gasteiger partial charge on any atom is 0.376 e. The smallest absolute Gasteiger partial charge is 0.376 e. The minimum atomic E-state index is -3.50. The zero-order chi connectivity index (χ0) is 13.6. The second-order valence-electron chi connectivity index (χ2n) is 3.35. The molecule has 0 fully saturated rings. The Balaban J connectivity index is 3.06. The van der Waals surface area contributed by atoms with Crippen LogP contribution in [0.15, 0.2) is 17.5 Å². The van der Waals surface area contributed by atoms with Gasteiger partial charge in [0.25, 0.3) is 0 Å². The van der Waals surface area contributed by atoms with Crippen molar-refractivity contribution in [2.45, 2.75) is 26.6 Å². The van der Waals surface area contributed by atoms with E-state index < -0.39 is 19.4 Å². The largest absolute Gasteiger partial charge is 0.444 e. The van der Waals surface area contributed by atoms with Crippen LogP contribution in [0.1, 0.15) is 31.5 Å². The van der Waals surface area contributed by atoms with Gasteiger partial charge in [-0.15, -0.1) is 11.3 Å². The highest BCUT2D eigenvalue weighted by molar-refractivity contribution is 7.54. The molecule has 18 heavy (non-hydrogen) atoms. The molecule has 0 aliphatic rings. The summed E-state index contributed by atoms with van der Waals surface area (Å²) in [6.45, 7) is 5.14. The van der Waals surface area contributed by atoms with E-state index in [9.17, 15) is 9.36 Å². The van der Waals surface area contributed by atoms with Gasteiger partial charge in [0.1, 0.15) is 0 Å². The van der Waals surface area contributed by atoms with Gasteiger partial charge in [0.2, 0.25) is 5.85 Å². The average molecular weight is 292 g/mol. The minimum absolute atomic E-state index is 0.223. The van der Waals surface area contributed by atoms with Gasteiger partial charge >= 0.3 is 13.6 Å². The first-order valence-electron chi connectivity index (χ1n) is 5.63. The number of thiophene rings is 1. The van der Waals surface area contributed by atoms with Gasteiger partial charge in [0, 0.05) is 6.92 Å². The van der Waals surface area contributed by atoms with Crippen LogP contribution in [-0.2, 0) is 23.1 Å². The molecule has 1 atom stereocenters. The Hall–Kier alpha value is -0.680. The SMILES string of the molecule is CCOP(=O)(OCC)[C@H](OC(C)=O)c1cccs1. The third-order valence-corrected chi connectivity index (χ3v) is 5.25. The summed E-state index contributed by atoms with van der Waals surface area (Å²) in [5.41, 5.74) is 0. The molecule has 5 nitrogen and oxygen atoms in total. The van der Waals surface area contributed by atoms with E-state index in [2.05, 4.69) is 0 Å². The van der Waals surface area contributed by atoms with Crippen LogP contribution < -0.4 is 0 Å². The summed E-state index contributed by atoms with van der Waals surface area (Å²) in [6.07, 6.45) is 0. The lowest BCUT2D eigenvalue weighted by Gasteiger charge is -2.24. The molecule has 0 unspecified atom stereocenters. The fourth-order valence-corrected chi connectivity index (χ4v) is 4.35. The molecular formula is C11H17O5PS. The van der Waals surface area contributed by atoms with Crippen LogP contribution in [0.5, 0.6) is 0 Å². The topological polar surface area (TPSA) is 61.8 Å². The first-order chi connectivity index (χ1) is 8.53. The molecule has 0 saturated carbocycles. The van der Waals surface area contributed by atoms with E-state index in [-0.39, 0.29) is 13.2 Å². The number of ether oxygens (including phenoxy) is 1.